The van der Waals surface area contributed by atoms with Gasteiger partial charge in [0.2, 0.25) is 5.78 Å². The largest absolute Gasteiger partial charge is 0.293 e. The van der Waals surface area contributed by atoms with Crippen molar-refractivity contribution in [1.29, 1.82) is 0 Å². The number of ketones is 1. The molecule has 0 heterocycles. The van der Waals surface area contributed by atoms with E-state index in [-0.39, 0.29) is 5.78 Å². The third kappa shape index (κ3) is 4.42. The SMILES string of the molecule is CCN(CC)CC#CC(=O)c1ccc(C)cc1. The molecule has 0 aliphatic rings. The number of carbonyl (C=O) groups excluding carboxylic acids is 1. The van der Waals surface area contributed by atoms with Gasteiger partial charge in [-0.15, -0.1) is 0 Å². The van der Waals surface area contributed by atoms with E-state index in [4.69, 9.17) is 0 Å². The van der Waals surface area contributed by atoms with Crippen LogP contribution in [0.25, 0.3) is 0 Å². The van der Waals surface area contributed by atoms with E-state index in [0.717, 1.165) is 18.7 Å². The molecule has 0 unspecified atom stereocenters. The number of Topliss-reactive ketones (excluding diaryl/α,β-unsaturated/α-hetero) is 1. The molecule has 1 aromatic rings. The Morgan fingerprint density at radius 1 is 1.18 bits per heavy atom. The number of rotatable bonds is 4. The van der Waals surface area contributed by atoms with Crippen LogP contribution in [0.15, 0.2) is 24.3 Å². The predicted octanol–water partition coefficient (Wildman–Crippen LogP) is 2.52. The van der Waals surface area contributed by atoms with Crippen LogP contribution in [0.4, 0.5) is 0 Å². The summed E-state index contributed by atoms with van der Waals surface area (Å²) in [4.78, 5) is 13.9. The first-order valence-corrected chi connectivity index (χ1v) is 5.99. The van der Waals surface area contributed by atoms with Crippen LogP contribution < -0.4 is 0 Å². The molecule has 2 heteroatoms. The van der Waals surface area contributed by atoms with E-state index in [2.05, 4.69) is 30.6 Å². The highest BCUT2D eigenvalue weighted by atomic mass is 16.1. The van der Waals surface area contributed by atoms with Crippen LogP contribution >= 0.6 is 0 Å². The molecule has 0 saturated heterocycles. The molecule has 0 saturated carbocycles. The van der Waals surface area contributed by atoms with Gasteiger partial charge in [-0.1, -0.05) is 49.6 Å². The Morgan fingerprint density at radius 3 is 2.29 bits per heavy atom. The molecule has 17 heavy (non-hydrogen) atoms. The lowest BCUT2D eigenvalue weighted by atomic mass is 10.1. The van der Waals surface area contributed by atoms with Gasteiger partial charge in [0, 0.05) is 5.56 Å². The van der Waals surface area contributed by atoms with Gasteiger partial charge in [0.15, 0.2) is 0 Å². The van der Waals surface area contributed by atoms with Crippen molar-refractivity contribution >= 4 is 5.78 Å². The zero-order chi connectivity index (χ0) is 12.7. The highest BCUT2D eigenvalue weighted by Crippen LogP contribution is 2.03. The minimum absolute atomic E-state index is 0.0999. The van der Waals surface area contributed by atoms with Gasteiger partial charge < -0.3 is 0 Å². The van der Waals surface area contributed by atoms with Crippen LogP contribution in [0, 0.1) is 18.8 Å². The van der Waals surface area contributed by atoms with E-state index in [9.17, 15) is 4.79 Å². The molecule has 90 valence electrons. The molecule has 0 amide bonds. The molecule has 0 atom stereocenters. The summed E-state index contributed by atoms with van der Waals surface area (Å²) in [5, 5.41) is 0. The minimum atomic E-state index is -0.0999. The number of nitrogens with zero attached hydrogens (tertiary/aromatic N) is 1. The third-order valence-corrected chi connectivity index (χ3v) is 2.71. The molecule has 1 aromatic carbocycles. The zero-order valence-corrected chi connectivity index (χ0v) is 10.8. The summed E-state index contributed by atoms with van der Waals surface area (Å²) in [7, 11) is 0. The van der Waals surface area contributed by atoms with E-state index in [1.54, 1.807) is 0 Å². The fourth-order valence-electron chi connectivity index (χ4n) is 1.46. The van der Waals surface area contributed by atoms with Gasteiger partial charge >= 0.3 is 0 Å². The lowest BCUT2D eigenvalue weighted by Gasteiger charge is -2.12. The van der Waals surface area contributed by atoms with E-state index < -0.39 is 0 Å². The van der Waals surface area contributed by atoms with E-state index in [1.165, 1.54) is 0 Å². The van der Waals surface area contributed by atoms with E-state index in [1.807, 2.05) is 31.2 Å². The average molecular weight is 229 g/mol. The first-order valence-electron chi connectivity index (χ1n) is 5.99. The fraction of sp³-hybridized carbons (Fsp3) is 0.400. The second kappa shape index (κ2) is 6.88. The van der Waals surface area contributed by atoms with Crippen LogP contribution in [0.3, 0.4) is 0 Å². The predicted molar refractivity (Wildman–Crippen MR) is 71.1 cm³/mol. The Balaban J connectivity index is 2.60. The van der Waals surface area contributed by atoms with E-state index >= 15 is 0 Å². The maximum atomic E-state index is 11.7. The van der Waals surface area contributed by atoms with Crippen LogP contribution in [-0.4, -0.2) is 30.3 Å². The van der Waals surface area contributed by atoms with Gasteiger partial charge in [-0.25, -0.2) is 0 Å². The molecule has 0 aromatic heterocycles. The molecule has 0 bridgehead atoms. The number of hydrogen-bond donors (Lipinski definition) is 0. The monoisotopic (exact) mass is 229 g/mol. The third-order valence-electron chi connectivity index (χ3n) is 2.71. The summed E-state index contributed by atoms with van der Waals surface area (Å²) >= 11 is 0. The summed E-state index contributed by atoms with van der Waals surface area (Å²) in [6, 6.07) is 7.51. The molecular formula is C15H19NO. The maximum Gasteiger partial charge on any atom is 0.235 e. The molecule has 0 aliphatic carbocycles. The lowest BCUT2D eigenvalue weighted by molar-refractivity contribution is 0.105. The number of benzene rings is 1. The van der Waals surface area contributed by atoms with Gasteiger partial charge in [-0.05, 0) is 25.9 Å². The van der Waals surface area contributed by atoms with Gasteiger partial charge in [0.25, 0.3) is 0 Å². The molecule has 0 N–H and O–H groups in total. The molecule has 1 rings (SSSR count). The average Bonchev–Trinajstić information content (AvgIpc) is 2.35. The normalized spacial score (nSPS) is 9.88. The zero-order valence-electron chi connectivity index (χ0n) is 10.8. The van der Waals surface area contributed by atoms with Crippen molar-refractivity contribution in [3.63, 3.8) is 0 Å². The summed E-state index contributed by atoms with van der Waals surface area (Å²) in [6.45, 7) is 8.76. The molecule has 0 fully saturated rings. The highest BCUT2D eigenvalue weighted by molar-refractivity contribution is 6.08. The minimum Gasteiger partial charge on any atom is -0.293 e. The van der Waals surface area contributed by atoms with Crippen LogP contribution in [-0.2, 0) is 0 Å². The van der Waals surface area contributed by atoms with Gasteiger partial charge in [-0.2, -0.15) is 0 Å². The summed E-state index contributed by atoms with van der Waals surface area (Å²) in [6.07, 6.45) is 0. The Hall–Kier alpha value is -1.59. The van der Waals surface area contributed by atoms with Crippen molar-refractivity contribution in [2.24, 2.45) is 0 Å². The van der Waals surface area contributed by atoms with Crippen molar-refractivity contribution in [3.05, 3.63) is 35.4 Å². The first-order chi connectivity index (χ1) is 8.17. The van der Waals surface area contributed by atoms with Crippen LogP contribution in [0.5, 0.6) is 0 Å². The van der Waals surface area contributed by atoms with Crippen molar-refractivity contribution in [1.82, 2.24) is 4.90 Å². The molecule has 2 nitrogen and oxygen atoms in total. The lowest BCUT2D eigenvalue weighted by Crippen LogP contribution is -2.23. The van der Waals surface area contributed by atoms with Gasteiger partial charge in [-0.3, -0.25) is 9.69 Å². The Morgan fingerprint density at radius 2 is 1.76 bits per heavy atom. The summed E-state index contributed by atoms with van der Waals surface area (Å²) in [5.41, 5.74) is 1.82. The Labute approximate surface area is 104 Å². The molecular weight excluding hydrogens is 210 g/mol. The van der Waals surface area contributed by atoms with Crippen molar-refractivity contribution in [2.45, 2.75) is 20.8 Å². The maximum absolute atomic E-state index is 11.7. The van der Waals surface area contributed by atoms with Gasteiger partial charge in [0.1, 0.15) is 0 Å². The standard InChI is InChI=1S/C15H19NO/c1-4-16(5-2)12-6-7-15(17)14-10-8-13(3)9-11-14/h8-11H,4-5,12H2,1-3H3. The van der Waals surface area contributed by atoms with Crippen LogP contribution in [0.2, 0.25) is 0 Å². The number of hydrogen-bond acceptors (Lipinski definition) is 2. The second-order valence-electron chi connectivity index (χ2n) is 3.96. The highest BCUT2D eigenvalue weighted by Gasteiger charge is 2.00. The summed E-state index contributed by atoms with van der Waals surface area (Å²) in [5.74, 6) is 5.51. The van der Waals surface area contributed by atoms with Crippen molar-refractivity contribution < 1.29 is 4.79 Å². The molecule has 0 radical (unpaired) electrons. The van der Waals surface area contributed by atoms with Crippen LogP contribution in [0.1, 0.15) is 29.8 Å². The van der Waals surface area contributed by atoms with Crippen molar-refractivity contribution in [3.8, 4) is 11.8 Å². The number of aryl methyl sites for hydroxylation is 1. The van der Waals surface area contributed by atoms with Gasteiger partial charge in [0.05, 0.1) is 6.54 Å². The van der Waals surface area contributed by atoms with Crippen molar-refractivity contribution in [2.75, 3.05) is 19.6 Å². The Kier molecular flexibility index (Phi) is 5.45. The topological polar surface area (TPSA) is 20.3 Å². The molecule has 0 aliphatic heterocycles. The second-order valence-corrected chi connectivity index (χ2v) is 3.96. The first kappa shape index (κ1) is 13.5. The quantitative estimate of drug-likeness (QED) is 0.449. The molecule has 0 spiro atoms. The summed E-state index contributed by atoms with van der Waals surface area (Å²) < 4.78 is 0. The fourth-order valence-corrected chi connectivity index (χ4v) is 1.46. The Bertz CT molecular complexity index is 418. The van der Waals surface area contributed by atoms with E-state index in [0.29, 0.717) is 12.1 Å². The number of carbonyl (C=O) groups is 1. The smallest absolute Gasteiger partial charge is 0.235 e.